The molecular weight excluding hydrogens is 423 g/mol. The van der Waals surface area contributed by atoms with Crippen molar-refractivity contribution < 1.29 is 9.13 Å². The Morgan fingerprint density at radius 2 is 1.79 bits per heavy atom. The van der Waals surface area contributed by atoms with Crippen LogP contribution in [0.3, 0.4) is 0 Å². The quantitative estimate of drug-likeness (QED) is 0.479. The molecule has 33 heavy (non-hydrogen) atoms. The summed E-state index contributed by atoms with van der Waals surface area (Å²) in [7, 11) is 4.01. The molecular formula is C23H27FN8O. The lowest BCUT2D eigenvalue weighted by atomic mass is 10.2. The summed E-state index contributed by atoms with van der Waals surface area (Å²) < 4.78 is 23.1. The first-order chi connectivity index (χ1) is 15.9. The third-order valence-electron chi connectivity index (χ3n) is 6.05. The second kappa shape index (κ2) is 8.36. The topological polar surface area (TPSA) is 87.1 Å². The molecule has 2 N–H and O–H groups in total. The van der Waals surface area contributed by atoms with Gasteiger partial charge in [0.25, 0.3) is 0 Å². The van der Waals surface area contributed by atoms with E-state index in [1.54, 1.807) is 6.07 Å². The maximum atomic E-state index is 15.3. The Balaban J connectivity index is 1.50. The molecule has 3 aromatic heterocycles. The van der Waals surface area contributed by atoms with Gasteiger partial charge in [0.05, 0.1) is 5.52 Å². The summed E-state index contributed by atoms with van der Waals surface area (Å²) >= 11 is 0. The number of halogens is 1. The van der Waals surface area contributed by atoms with Gasteiger partial charge in [0.2, 0.25) is 0 Å². The van der Waals surface area contributed by atoms with Crippen molar-refractivity contribution in [3.05, 3.63) is 47.5 Å². The molecule has 5 rings (SSSR count). The average molecular weight is 451 g/mol. The number of piperazine rings is 1. The van der Waals surface area contributed by atoms with E-state index in [4.69, 9.17) is 4.74 Å². The summed E-state index contributed by atoms with van der Waals surface area (Å²) in [5, 5.41) is 10.8. The lowest BCUT2D eigenvalue weighted by Gasteiger charge is -2.33. The number of fused-ring (bicyclic) bond motifs is 1. The van der Waals surface area contributed by atoms with Crippen molar-refractivity contribution in [3.63, 3.8) is 0 Å². The molecule has 0 spiro atoms. The molecule has 172 valence electrons. The second-order valence-corrected chi connectivity index (χ2v) is 8.50. The van der Waals surface area contributed by atoms with E-state index < -0.39 is 5.82 Å². The summed E-state index contributed by atoms with van der Waals surface area (Å²) in [6.07, 6.45) is 0. The first-order valence-corrected chi connectivity index (χ1v) is 10.9. The summed E-state index contributed by atoms with van der Waals surface area (Å²) in [6.45, 7) is 7.39. The van der Waals surface area contributed by atoms with Crippen molar-refractivity contribution >= 4 is 28.4 Å². The molecule has 4 heterocycles. The van der Waals surface area contributed by atoms with Crippen LogP contribution in [0.25, 0.3) is 10.9 Å². The van der Waals surface area contributed by atoms with E-state index >= 15 is 4.39 Å². The van der Waals surface area contributed by atoms with Crippen LogP contribution in [0.4, 0.5) is 21.8 Å². The molecule has 1 fully saturated rings. The fourth-order valence-electron chi connectivity index (χ4n) is 4.00. The number of aryl methyl sites for hydroxylation is 3. The zero-order chi connectivity index (χ0) is 23.1. The number of ether oxygens (including phenoxy) is 1. The van der Waals surface area contributed by atoms with Crippen LogP contribution in [-0.2, 0) is 7.05 Å². The Labute approximate surface area is 191 Å². The van der Waals surface area contributed by atoms with Crippen molar-refractivity contribution in [2.45, 2.75) is 13.8 Å². The van der Waals surface area contributed by atoms with Crippen molar-refractivity contribution in [2.24, 2.45) is 7.05 Å². The highest BCUT2D eigenvalue weighted by Crippen LogP contribution is 2.32. The highest BCUT2D eigenvalue weighted by atomic mass is 19.1. The van der Waals surface area contributed by atoms with Crippen LogP contribution in [0.1, 0.15) is 11.4 Å². The van der Waals surface area contributed by atoms with Crippen LogP contribution >= 0.6 is 0 Å². The molecule has 1 aliphatic rings. The van der Waals surface area contributed by atoms with E-state index in [0.29, 0.717) is 17.0 Å². The van der Waals surface area contributed by atoms with Crippen molar-refractivity contribution in [2.75, 3.05) is 43.4 Å². The zero-order valence-electron chi connectivity index (χ0n) is 19.2. The largest absolute Gasteiger partial charge is 0.421 e. The first kappa shape index (κ1) is 21.2. The number of rotatable bonds is 5. The zero-order valence-corrected chi connectivity index (χ0v) is 19.2. The minimum absolute atomic E-state index is 0.0760. The number of hydrogen-bond acceptors (Lipinski definition) is 7. The number of benzene rings is 1. The lowest BCUT2D eigenvalue weighted by Crippen LogP contribution is -2.44. The highest BCUT2D eigenvalue weighted by Gasteiger charge is 2.20. The number of likely N-dealkylation sites (N-methyl/N-ethyl adjacent to an activating group) is 1. The van der Waals surface area contributed by atoms with Crippen LogP contribution in [-0.4, -0.2) is 62.9 Å². The van der Waals surface area contributed by atoms with Crippen LogP contribution in [0.2, 0.25) is 0 Å². The molecule has 10 heteroatoms. The van der Waals surface area contributed by atoms with Gasteiger partial charge >= 0.3 is 6.01 Å². The Hall–Kier alpha value is -3.66. The van der Waals surface area contributed by atoms with Crippen LogP contribution in [0.15, 0.2) is 30.3 Å². The van der Waals surface area contributed by atoms with Crippen molar-refractivity contribution in [1.82, 2.24) is 29.6 Å². The standard InChI is InChI=1S/C23H27FN8O/c1-14-11-20(29-28-14)25-19-13-21(32-9-7-30(3)8-10-32)27-23(26-19)33-18-6-5-17-16(22(18)24)12-15(2)31(17)4/h5-6,11-13H,7-10H2,1-4H3,(H2,25,26,27,28,29). The number of nitrogens with zero attached hydrogens (tertiary/aromatic N) is 6. The Kier molecular flexibility index (Phi) is 5.37. The van der Waals surface area contributed by atoms with Gasteiger partial charge in [-0.1, -0.05) is 0 Å². The minimum Gasteiger partial charge on any atom is -0.421 e. The maximum Gasteiger partial charge on any atom is 0.326 e. The van der Waals surface area contributed by atoms with Crippen molar-refractivity contribution in [3.8, 4) is 11.8 Å². The molecule has 4 aromatic rings. The third-order valence-corrected chi connectivity index (χ3v) is 6.05. The van der Waals surface area contributed by atoms with Crippen LogP contribution < -0.4 is 15.0 Å². The molecule has 1 aromatic carbocycles. The van der Waals surface area contributed by atoms with Gasteiger partial charge in [0.15, 0.2) is 17.4 Å². The van der Waals surface area contributed by atoms with Gasteiger partial charge in [-0.2, -0.15) is 15.1 Å². The fraction of sp³-hybridized carbons (Fsp3) is 0.348. The number of hydrogen-bond donors (Lipinski definition) is 2. The number of aromatic nitrogens is 5. The molecule has 1 aliphatic heterocycles. The maximum absolute atomic E-state index is 15.3. The summed E-state index contributed by atoms with van der Waals surface area (Å²) in [5.74, 6) is 1.54. The molecule has 0 atom stereocenters. The molecule has 0 bridgehead atoms. The van der Waals surface area contributed by atoms with Gasteiger partial charge < -0.3 is 24.4 Å². The van der Waals surface area contributed by atoms with Gasteiger partial charge in [-0.3, -0.25) is 5.10 Å². The molecule has 0 saturated carbocycles. The third kappa shape index (κ3) is 4.21. The van der Waals surface area contributed by atoms with Gasteiger partial charge in [-0.05, 0) is 39.1 Å². The van der Waals surface area contributed by atoms with Gasteiger partial charge in [0, 0.05) is 62.1 Å². The lowest BCUT2D eigenvalue weighted by molar-refractivity contribution is 0.311. The number of H-pyrrole nitrogens is 1. The predicted octanol–water partition coefficient (Wildman–Crippen LogP) is 3.74. The van der Waals surface area contributed by atoms with Crippen LogP contribution in [0.5, 0.6) is 11.8 Å². The molecule has 0 aliphatic carbocycles. The molecule has 0 amide bonds. The first-order valence-electron chi connectivity index (χ1n) is 10.9. The average Bonchev–Trinajstić information content (AvgIpc) is 3.33. The summed E-state index contributed by atoms with van der Waals surface area (Å²) in [5.41, 5.74) is 2.70. The van der Waals surface area contributed by atoms with Crippen molar-refractivity contribution in [1.29, 1.82) is 0 Å². The van der Waals surface area contributed by atoms with Gasteiger partial charge in [0.1, 0.15) is 11.6 Å². The van der Waals surface area contributed by atoms with E-state index in [0.717, 1.165) is 48.9 Å². The number of nitrogens with one attached hydrogen (secondary N) is 2. The normalized spacial score (nSPS) is 14.8. The van der Waals surface area contributed by atoms with E-state index in [9.17, 15) is 0 Å². The monoisotopic (exact) mass is 450 g/mol. The molecule has 9 nitrogen and oxygen atoms in total. The van der Waals surface area contributed by atoms with E-state index in [1.165, 1.54) is 0 Å². The number of aromatic amines is 1. The Morgan fingerprint density at radius 3 is 2.52 bits per heavy atom. The highest BCUT2D eigenvalue weighted by molar-refractivity contribution is 5.83. The number of anilines is 3. The SMILES string of the molecule is Cc1cc(Nc2cc(N3CCN(C)CC3)nc(Oc3ccc4c(cc(C)n4C)c3F)n2)n[nH]1. The van der Waals surface area contributed by atoms with E-state index in [2.05, 4.69) is 42.3 Å². The molecule has 0 unspecified atom stereocenters. The molecule has 1 saturated heterocycles. The second-order valence-electron chi connectivity index (χ2n) is 8.50. The van der Waals surface area contributed by atoms with E-state index in [1.807, 2.05) is 49.7 Å². The smallest absolute Gasteiger partial charge is 0.326 e. The Bertz CT molecular complexity index is 1310. The predicted molar refractivity (Wildman–Crippen MR) is 126 cm³/mol. The van der Waals surface area contributed by atoms with Crippen LogP contribution in [0, 0.1) is 19.7 Å². The minimum atomic E-state index is -0.428. The Morgan fingerprint density at radius 1 is 1.00 bits per heavy atom. The molecule has 0 radical (unpaired) electrons. The summed E-state index contributed by atoms with van der Waals surface area (Å²) in [6, 6.07) is 9.09. The van der Waals surface area contributed by atoms with E-state index in [-0.39, 0.29) is 11.8 Å². The van der Waals surface area contributed by atoms with Gasteiger partial charge in [-0.25, -0.2) is 4.39 Å². The summed E-state index contributed by atoms with van der Waals surface area (Å²) in [4.78, 5) is 13.5. The fourth-order valence-corrected chi connectivity index (χ4v) is 4.00. The van der Waals surface area contributed by atoms with Gasteiger partial charge in [-0.15, -0.1) is 0 Å².